The number of aliphatic hydroxyl groups excluding tert-OH is 1. The lowest BCUT2D eigenvalue weighted by molar-refractivity contribution is -0.118. The lowest BCUT2D eigenvalue weighted by Gasteiger charge is -2.09. The van der Waals surface area contributed by atoms with Crippen LogP contribution in [0.5, 0.6) is 0 Å². The van der Waals surface area contributed by atoms with Gasteiger partial charge in [0.1, 0.15) is 11.5 Å². The first kappa shape index (κ1) is 16.4. The van der Waals surface area contributed by atoms with Crippen molar-refractivity contribution in [2.45, 2.75) is 26.4 Å². The molecule has 5 nitrogen and oxygen atoms in total. The van der Waals surface area contributed by atoms with Crippen molar-refractivity contribution in [1.29, 1.82) is 0 Å². The van der Waals surface area contributed by atoms with Gasteiger partial charge in [-0.1, -0.05) is 30.3 Å². The Kier molecular flexibility index (Phi) is 4.78. The molecule has 124 valence electrons. The second-order valence-corrected chi connectivity index (χ2v) is 6.40. The molecule has 0 fully saturated rings. The summed E-state index contributed by atoms with van der Waals surface area (Å²) in [6.45, 7) is 3.77. The average molecular weight is 342 g/mol. The van der Waals surface area contributed by atoms with Gasteiger partial charge in [-0.05, 0) is 25.5 Å². The number of thiazole rings is 1. The fourth-order valence-electron chi connectivity index (χ4n) is 2.48. The van der Waals surface area contributed by atoms with Gasteiger partial charge in [0, 0.05) is 10.9 Å². The number of rotatable bonds is 5. The summed E-state index contributed by atoms with van der Waals surface area (Å²) in [6, 6.07) is 11.0. The van der Waals surface area contributed by atoms with E-state index in [1.165, 1.54) is 11.3 Å². The van der Waals surface area contributed by atoms with Crippen LogP contribution in [0, 0.1) is 13.8 Å². The number of nitrogens with zero attached hydrogens (tertiary/aromatic N) is 1. The minimum absolute atomic E-state index is 0.0111. The number of furan rings is 1. The smallest absolute Gasteiger partial charge is 0.229 e. The van der Waals surface area contributed by atoms with Gasteiger partial charge in [0.2, 0.25) is 5.91 Å². The van der Waals surface area contributed by atoms with E-state index in [0.29, 0.717) is 5.13 Å². The summed E-state index contributed by atoms with van der Waals surface area (Å²) in [4.78, 5) is 16.5. The second-order valence-electron chi connectivity index (χ2n) is 5.54. The maximum absolute atomic E-state index is 12.1. The number of aromatic nitrogens is 1. The number of amides is 1. The van der Waals surface area contributed by atoms with E-state index >= 15 is 0 Å². The highest BCUT2D eigenvalue weighted by Crippen LogP contribution is 2.29. The molecular weight excluding hydrogens is 324 g/mol. The molecule has 0 radical (unpaired) electrons. The van der Waals surface area contributed by atoms with Crippen LogP contribution in [0.2, 0.25) is 0 Å². The average Bonchev–Trinajstić information content (AvgIpc) is 3.14. The Bertz CT molecular complexity index is 839. The lowest BCUT2D eigenvalue weighted by Crippen LogP contribution is -2.15. The molecule has 6 heteroatoms. The van der Waals surface area contributed by atoms with E-state index in [1.807, 2.05) is 43.5 Å². The molecule has 1 unspecified atom stereocenters. The molecule has 0 spiro atoms. The number of anilines is 1. The van der Waals surface area contributed by atoms with Gasteiger partial charge in [-0.25, -0.2) is 4.98 Å². The molecule has 1 atom stereocenters. The number of carbonyl (C=O) groups excluding carboxylic acids is 1. The van der Waals surface area contributed by atoms with Crippen LogP contribution in [0.15, 0.2) is 46.2 Å². The Morgan fingerprint density at radius 3 is 2.75 bits per heavy atom. The predicted molar refractivity (Wildman–Crippen MR) is 93.9 cm³/mol. The van der Waals surface area contributed by atoms with Crippen LogP contribution in [0.4, 0.5) is 5.13 Å². The second kappa shape index (κ2) is 6.98. The molecule has 2 N–H and O–H groups in total. The van der Waals surface area contributed by atoms with Crippen molar-refractivity contribution in [2.24, 2.45) is 0 Å². The van der Waals surface area contributed by atoms with E-state index in [-0.39, 0.29) is 12.3 Å². The zero-order valence-electron chi connectivity index (χ0n) is 13.4. The van der Waals surface area contributed by atoms with Gasteiger partial charge >= 0.3 is 0 Å². The molecule has 0 aliphatic heterocycles. The summed E-state index contributed by atoms with van der Waals surface area (Å²) in [5.41, 5.74) is 2.42. The molecule has 24 heavy (non-hydrogen) atoms. The summed E-state index contributed by atoms with van der Waals surface area (Å²) >= 11 is 1.35. The quantitative estimate of drug-likeness (QED) is 0.732. The largest absolute Gasteiger partial charge is 0.466 e. The Balaban J connectivity index is 1.64. The van der Waals surface area contributed by atoms with Crippen molar-refractivity contribution in [3.05, 3.63) is 58.9 Å². The van der Waals surface area contributed by atoms with Gasteiger partial charge in [-0.2, -0.15) is 0 Å². The van der Waals surface area contributed by atoms with Crippen molar-refractivity contribution >= 4 is 22.4 Å². The fraction of sp³-hybridized carbons (Fsp3) is 0.222. The fourth-order valence-corrected chi connectivity index (χ4v) is 3.21. The topological polar surface area (TPSA) is 75.4 Å². The van der Waals surface area contributed by atoms with Crippen LogP contribution in [0.3, 0.4) is 0 Å². The first-order valence-electron chi connectivity index (χ1n) is 7.58. The summed E-state index contributed by atoms with van der Waals surface area (Å²) in [5.74, 6) is 1.36. The van der Waals surface area contributed by atoms with Crippen molar-refractivity contribution in [1.82, 2.24) is 4.98 Å². The van der Waals surface area contributed by atoms with Gasteiger partial charge in [0.05, 0.1) is 18.2 Å². The zero-order valence-corrected chi connectivity index (χ0v) is 14.3. The van der Waals surface area contributed by atoms with E-state index < -0.39 is 6.10 Å². The Hall–Kier alpha value is -2.44. The monoisotopic (exact) mass is 342 g/mol. The van der Waals surface area contributed by atoms with Crippen LogP contribution in [-0.4, -0.2) is 16.0 Å². The Morgan fingerprint density at radius 1 is 1.33 bits per heavy atom. The highest BCUT2D eigenvalue weighted by molar-refractivity contribution is 7.14. The van der Waals surface area contributed by atoms with Gasteiger partial charge in [-0.3, -0.25) is 4.79 Å². The molecule has 0 saturated heterocycles. The number of hydrogen-bond acceptors (Lipinski definition) is 5. The summed E-state index contributed by atoms with van der Waals surface area (Å²) < 4.78 is 5.51. The van der Waals surface area contributed by atoms with Crippen LogP contribution in [0.25, 0.3) is 11.3 Å². The highest BCUT2D eigenvalue weighted by Gasteiger charge is 2.15. The number of hydrogen-bond donors (Lipinski definition) is 2. The van der Waals surface area contributed by atoms with Crippen molar-refractivity contribution in [3.63, 3.8) is 0 Å². The van der Waals surface area contributed by atoms with Crippen LogP contribution in [0.1, 0.15) is 29.6 Å². The summed E-state index contributed by atoms with van der Waals surface area (Å²) in [5, 5.41) is 15.2. The van der Waals surface area contributed by atoms with Crippen molar-refractivity contribution in [2.75, 3.05) is 5.32 Å². The Morgan fingerprint density at radius 2 is 2.08 bits per heavy atom. The lowest BCUT2D eigenvalue weighted by atomic mass is 10.1. The number of aliphatic hydroxyl groups is 1. The molecule has 0 aliphatic carbocycles. The third-order valence-corrected chi connectivity index (χ3v) is 4.39. The minimum atomic E-state index is -0.829. The molecule has 3 aromatic rings. The van der Waals surface area contributed by atoms with Gasteiger partial charge in [-0.15, -0.1) is 11.3 Å². The van der Waals surface area contributed by atoms with Crippen molar-refractivity contribution in [3.8, 4) is 11.3 Å². The molecule has 2 aromatic heterocycles. The van der Waals surface area contributed by atoms with Crippen LogP contribution in [-0.2, 0) is 4.79 Å². The molecule has 2 heterocycles. The first-order valence-corrected chi connectivity index (χ1v) is 8.46. The zero-order chi connectivity index (χ0) is 17.1. The third kappa shape index (κ3) is 3.72. The maximum atomic E-state index is 12.1. The van der Waals surface area contributed by atoms with Gasteiger partial charge in [0.15, 0.2) is 5.13 Å². The normalized spacial score (nSPS) is 12.1. The molecule has 1 aromatic carbocycles. The molecule has 0 aliphatic rings. The number of nitrogens with one attached hydrogen (secondary N) is 1. The van der Waals surface area contributed by atoms with Crippen LogP contribution < -0.4 is 5.32 Å². The standard InChI is InChI=1S/C18H18N2O3S/c1-11-8-14(12(2)23-11)15-10-24-18(19-15)20-17(22)9-16(21)13-6-4-3-5-7-13/h3-8,10,16,21H,9H2,1-2H3,(H,19,20,22). The van der Waals surface area contributed by atoms with Gasteiger partial charge < -0.3 is 14.8 Å². The molecular formula is C18H18N2O3S. The molecule has 1 amide bonds. The van der Waals surface area contributed by atoms with Gasteiger partial charge in [0.25, 0.3) is 0 Å². The van der Waals surface area contributed by atoms with E-state index in [9.17, 15) is 9.90 Å². The van der Waals surface area contributed by atoms with Crippen molar-refractivity contribution < 1.29 is 14.3 Å². The summed E-state index contributed by atoms with van der Waals surface area (Å²) in [7, 11) is 0. The van der Waals surface area contributed by atoms with E-state index in [2.05, 4.69) is 10.3 Å². The first-order chi connectivity index (χ1) is 11.5. The van der Waals surface area contributed by atoms with E-state index in [1.54, 1.807) is 12.1 Å². The number of carbonyl (C=O) groups is 1. The number of benzene rings is 1. The SMILES string of the molecule is Cc1cc(-c2csc(NC(=O)CC(O)c3ccccc3)n2)c(C)o1. The van der Waals surface area contributed by atoms with E-state index in [0.717, 1.165) is 28.3 Å². The summed E-state index contributed by atoms with van der Waals surface area (Å²) in [6.07, 6.45) is -0.840. The molecule has 3 rings (SSSR count). The minimum Gasteiger partial charge on any atom is -0.466 e. The molecule has 0 bridgehead atoms. The Labute approximate surface area is 144 Å². The van der Waals surface area contributed by atoms with Crippen LogP contribution >= 0.6 is 11.3 Å². The highest BCUT2D eigenvalue weighted by atomic mass is 32.1. The third-order valence-electron chi connectivity index (χ3n) is 3.63. The number of aryl methyl sites for hydroxylation is 2. The van der Waals surface area contributed by atoms with E-state index in [4.69, 9.17) is 4.42 Å². The molecule has 0 saturated carbocycles. The maximum Gasteiger partial charge on any atom is 0.229 e. The predicted octanol–water partition coefficient (Wildman–Crippen LogP) is 4.08.